The van der Waals surface area contributed by atoms with Gasteiger partial charge in [0.2, 0.25) is 11.8 Å². The molecule has 1 heterocycles. The fourth-order valence-electron chi connectivity index (χ4n) is 3.02. The van der Waals surface area contributed by atoms with E-state index in [0.717, 1.165) is 0 Å². The van der Waals surface area contributed by atoms with Gasteiger partial charge in [-0.25, -0.2) is 4.79 Å². The molecule has 0 aromatic rings. The van der Waals surface area contributed by atoms with Crippen molar-refractivity contribution in [1.29, 1.82) is 0 Å². The molecule has 1 unspecified atom stereocenters. The SMILES string of the molecule is COCCCC(=O)NC[C@@H](O)[C@@H](O)C1O[C@](C)(C(=O)O)C[C@H](O)[C@H]1NC(C)=O. The van der Waals surface area contributed by atoms with E-state index < -0.39 is 47.9 Å². The molecule has 1 aliphatic heterocycles. The lowest BCUT2D eigenvalue weighted by atomic mass is 9.84. The summed E-state index contributed by atoms with van der Waals surface area (Å²) in [5.74, 6) is -2.24. The molecule has 0 saturated carbocycles. The number of nitrogens with one attached hydrogen (secondary N) is 2. The van der Waals surface area contributed by atoms with Crippen molar-refractivity contribution in [3.63, 3.8) is 0 Å². The van der Waals surface area contributed by atoms with E-state index in [1.54, 1.807) is 0 Å². The molecule has 1 saturated heterocycles. The molecular weight excluding hydrogens is 376 g/mol. The second kappa shape index (κ2) is 10.7. The minimum absolute atomic E-state index is 0.168. The first-order chi connectivity index (χ1) is 13.0. The summed E-state index contributed by atoms with van der Waals surface area (Å²) in [6.07, 6.45) is -5.59. The molecule has 11 nitrogen and oxygen atoms in total. The summed E-state index contributed by atoms with van der Waals surface area (Å²) < 4.78 is 10.3. The van der Waals surface area contributed by atoms with Crippen LogP contribution in [-0.4, -0.2) is 94.5 Å². The Morgan fingerprint density at radius 3 is 2.50 bits per heavy atom. The number of carbonyl (C=O) groups is 3. The Balaban J connectivity index is 2.82. The zero-order chi connectivity index (χ0) is 21.5. The summed E-state index contributed by atoms with van der Waals surface area (Å²) in [4.78, 5) is 34.6. The number of methoxy groups -OCH3 is 1. The van der Waals surface area contributed by atoms with Crippen molar-refractivity contribution in [2.24, 2.45) is 0 Å². The number of aliphatic carboxylic acids is 1. The standard InChI is InChI=1S/C17H30N2O9/c1-9(20)19-13-10(21)7-17(2,16(25)26)28-15(13)14(24)11(22)8-18-12(23)5-4-6-27-3/h10-11,13-15,21-22,24H,4-8H2,1-3H3,(H,18,23)(H,19,20)(H,25,26)/t10-,11+,13+,14+,15?,17-/m0/s1. The Hall–Kier alpha value is -1.79. The summed E-state index contributed by atoms with van der Waals surface area (Å²) in [6, 6.07) is -1.13. The van der Waals surface area contributed by atoms with Gasteiger partial charge < -0.3 is 40.5 Å². The largest absolute Gasteiger partial charge is 0.479 e. The number of aliphatic hydroxyl groups is 3. The Morgan fingerprint density at radius 1 is 1.32 bits per heavy atom. The minimum atomic E-state index is -1.82. The number of aliphatic hydroxyl groups excluding tert-OH is 3. The van der Waals surface area contributed by atoms with E-state index in [-0.39, 0.29) is 25.3 Å². The quantitative estimate of drug-likeness (QED) is 0.219. The molecule has 162 valence electrons. The highest BCUT2D eigenvalue weighted by molar-refractivity contribution is 5.77. The third-order valence-corrected chi connectivity index (χ3v) is 4.58. The second-order valence-electron chi connectivity index (χ2n) is 7.07. The molecule has 6 atom stereocenters. The number of carbonyl (C=O) groups excluding carboxylic acids is 2. The molecule has 0 aromatic heterocycles. The van der Waals surface area contributed by atoms with Crippen LogP contribution in [0.1, 0.15) is 33.1 Å². The minimum Gasteiger partial charge on any atom is -0.479 e. The summed E-state index contributed by atoms with van der Waals surface area (Å²) in [7, 11) is 1.51. The number of rotatable bonds is 10. The van der Waals surface area contributed by atoms with Gasteiger partial charge in [0, 0.05) is 40.0 Å². The van der Waals surface area contributed by atoms with E-state index in [9.17, 15) is 34.8 Å². The molecule has 1 fully saturated rings. The highest BCUT2D eigenvalue weighted by Crippen LogP contribution is 2.32. The topological polar surface area (TPSA) is 175 Å². The molecule has 11 heteroatoms. The van der Waals surface area contributed by atoms with Gasteiger partial charge in [-0.15, -0.1) is 0 Å². The van der Waals surface area contributed by atoms with Gasteiger partial charge in [-0.3, -0.25) is 9.59 Å². The predicted octanol–water partition coefficient (Wildman–Crippen LogP) is -2.25. The maximum atomic E-state index is 11.7. The molecular formula is C17H30N2O9. The van der Waals surface area contributed by atoms with Gasteiger partial charge in [0.05, 0.1) is 18.2 Å². The molecule has 0 bridgehead atoms. The van der Waals surface area contributed by atoms with Gasteiger partial charge in [-0.2, -0.15) is 0 Å². The Bertz CT molecular complexity index is 559. The van der Waals surface area contributed by atoms with Crippen molar-refractivity contribution in [1.82, 2.24) is 10.6 Å². The maximum Gasteiger partial charge on any atom is 0.335 e. The summed E-state index contributed by atoms with van der Waals surface area (Å²) in [6.45, 7) is 2.50. The number of carboxylic acid groups (broad SMARTS) is 1. The van der Waals surface area contributed by atoms with Gasteiger partial charge in [0.1, 0.15) is 12.2 Å². The summed E-state index contributed by atoms with van der Waals surface area (Å²) in [5.41, 5.74) is -1.82. The van der Waals surface area contributed by atoms with Crippen LogP contribution in [0.5, 0.6) is 0 Å². The van der Waals surface area contributed by atoms with Gasteiger partial charge in [0.15, 0.2) is 5.60 Å². The summed E-state index contributed by atoms with van der Waals surface area (Å²) in [5, 5.41) is 45.2. The van der Waals surface area contributed by atoms with Crippen LogP contribution in [0.25, 0.3) is 0 Å². The van der Waals surface area contributed by atoms with Crippen LogP contribution in [0.2, 0.25) is 0 Å². The molecule has 2 amide bonds. The number of ether oxygens (including phenoxy) is 2. The van der Waals surface area contributed by atoms with E-state index >= 15 is 0 Å². The van der Waals surface area contributed by atoms with Crippen LogP contribution in [0, 0.1) is 0 Å². The van der Waals surface area contributed by atoms with Crippen LogP contribution >= 0.6 is 0 Å². The lowest BCUT2D eigenvalue weighted by Gasteiger charge is -2.45. The molecule has 0 spiro atoms. The molecule has 6 N–H and O–H groups in total. The van der Waals surface area contributed by atoms with E-state index in [4.69, 9.17) is 9.47 Å². The van der Waals surface area contributed by atoms with E-state index in [1.165, 1.54) is 21.0 Å². The van der Waals surface area contributed by atoms with E-state index in [1.807, 2.05) is 0 Å². The van der Waals surface area contributed by atoms with Crippen molar-refractivity contribution >= 4 is 17.8 Å². The van der Waals surface area contributed by atoms with Crippen LogP contribution in [0.4, 0.5) is 0 Å². The van der Waals surface area contributed by atoms with Crippen molar-refractivity contribution < 1.29 is 44.3 Å². The third-order valence-electron chi connectivity index (χ3n) is 4.58. The zero-order valence-corrected chi connectivity index (χ0v) is 16.3. The van der Waals surface area contributed by atoms with Crippen LogP contribution in [0.15, 0.2) is 0 Å². The van der Waals surface area contributed by atoms with E-state index in [0.29, 0.717) is 13.0 Å². The number of carboxylic acids is 1. The van der Waals surface area contributed by atoms with Crippen molar-refractivity contribution in [2.45, 2.75) is 69.2 Å². The summed E-state index contributed by atoms with van der Waals surface area (Å²) >= 11 is 0. The molecule has 0 aromatic carbocycles. The molecule has 28 heavy (non-hydrogen) atoms. The van der Waals surface area contributed by atoms with Crippen LogP contribution in [0.3, 0.4) is 0 Å². The molecule has 0 radical (unpaired) electrons. The van der Waals surface area contributed by atoms with E-state index in [2.05, 4.69) is 10.6 Å². The number of amides is 2. The predicted molar refractivity (Wildman–Crippen MR) is 95.3 cm³/mol. The smallest absolute Gasteiger partial charge is 0.335 e. The Kier molecular flexibility index (Phi) is 9.24. The molecule has 1 rings (SSSR count). The van der Waals surface area contributed by atoms with Crippen molar-refractivity contribution in [3.8, 4) is 0 Å². The van der Waals surface area contributed by atoms with Crippen LogP contribution < -0.4 is 10.6 Å². The maximum absolute atomic E-state index is 11.7. The average molecular weight is 406 g/mol. The Morgan fingerprint density at radius 2 is 1.96 bits per heavy atom. The van der Waals surface area contributed by atoms with Crippen molar-refractivity contribution in [2.75, 3.05) is 20.3 Å². The van der Waals surface area contributed by atoms with Gasteiger partial charge in [-0.05, 0) is 13.3 Å². The lowest BCUT2D eigenvalue weighted by molar-refractivity contribution is -0.222. The number of hydrogen-bond donors (Lipinski definition) is 6. The fraction of sp³-hybridized carbons (Fsp3) is 0.824. The van der Waals surface area contributed by atoms with Gasteiger partial charge >= 0.3 is 5.97 Å². The zero-order valence-electron chi connectivity index (χ0n) is 16.3. The lowest BCUT2D eigenvalue weighted by Crippen LogP contribution is -2.66. The Labute approximate surface area is 163 Å². The van der Waals surface area contributed by atoms with Gasteiger partial charge in [0.25, 0.3) is 0 Å². The van der Waals surface area contributed by atoms with Crippen molar-refractivity contribution in [3.05, 3.63) is 0 Å². The highest BCUT2D eigenvalue weighted by Gasteiger charge is 2.52. The molecule has 0 aliphatic carbocycles. The van der Waals surface area contributed by atoms with Crippen LogP contribution in [-0.2, 0) is 23.9 Å². The fourth-order valence-corrected chi connectivity index (χ4v) is 3.02. The molecule has 1 aliphatic rings. The monoisotopic (exact) mass is 406 g/mol. The normalized spacial score (nSPS) is 29.6. The van der Waals surface area contributed by atoms with Gasteiger partial charge in [-0.1, -0.05) is 0 Å². The highest BCUT2D eigenvalue weighted by atomic mass is 16.6. The second-order valence-corrected chi connectivity index (χ2v) is 7.07. The average Bonchev–Trinajstić information content (AvgIpc) is 2.61. The first-order valence-electron chi connectivity index (χ1n) is 9.00. The first kappa shape index (κ1) is 24.2. The first-order valence-corrected chi connectivity index (χ1v) is 9.00. The number of hydrogen-bond acceptors (Lipinski definition) is 8. The third kappa shape index (κ3) is 6.67.